The molecule has 1 N–H and O–H groups in total. The Kier molecular flexibility index (Phi) is 3.93. The van der Waals surface area contributed by atoms with E-state index in [1.165, 1.54) is 6.42 Å². The molecule has 0 aliphatic carbocycles. The van der Waals surface area contributed by atoms with Crippen LogP contribution in [-0.2, 0) is 4.79 Å². The molecule has 1 aliphatic rings. The average molecular weight is 198 g/mol. The molecule has 0 aromatic heterocycles. The Hall–Kier alpha value is -0.570. The first-order chi connectivity index (χ1) is 6.56. The average Bonchev–Trinajstić information content (AvgIpc) is 2.19. The van der Waals surface area contributed by atoms with Crippen LogP contribution < -0.4 is 5.32 Å². The minimum Gasteiger partial charge on any atom is -0.338 e. The van der Waals surface area contributed by atoms with E-state index in [1.807, 2.05) is 18.9 Å². The van der Waals surface area contributed by atoms with E-state index in [4.69, 9.17) is 0 Å². The van der Waals surface area contributed by atoms with Crippen molar-refractivity contribution in [3.05, 3.63) is 0 Å². The zero-order chi connectivity index (χ0) is 10.7. The number of piperidine rings is 1. The van der Waals surface area contributed by atoms with Gasteiger partial charge in [0.15, 0.2) is 0 Å². The predicted octanol–water partition coefficient (Wildman–Crippen LogP) is 1.24. The van der Waals surface area contributed by atoms with Gasteiger partial charge in [-0.25, -0.2) is 0 Å². The Bertz CT molecular complexity index is 205. The van der Waals surface area contributed by atoms with Crippen LogP contribution in [0.25, 0.3) is 0 Å². The second-order valence-corrected chi connectivity index (χ2v) is 4.53. The third kappa shape index (κ3) is 2.47. The molecular weight excluding hydrogens is 176 g/mol. The van der Waals surface area contributed by atoms with E-state index >= 15 is 0 Å². The third-order valence-electron chi connectivity index (χ3n) is 3.20. The Morgan fingerprint density at radius 1 is 1.43 bits per heavy atom. The Morgan fingerprint density at radius 3 is 2.64 bits per heavy atom. The van der Waals surface area contributed by atoms with Gasteiger partial charge in [-0.1, -0.05) is 6.92 Å². The summed E-state index contributed by atoms with van der Waals surface area (Å²) < 4.78 is 0. The van der Waals surface area contributed by atoms with Gasteiger partial charge < -0.3 is 10.2 Å². The first kappa shape index (κ1) is 11.5. The van der Waals surface area contributed by atoms with E-state index in [0.717, 1.165) is 13.0 Å². The number of nitrogens with one attached hydrogen (secondary N) is 1. The van der Waals surface area contributed by atoms with Crippen LogP contribution in [0.15, 0.2) is 0 Å². The van der Waals surface area contributed by atoms with E-state index in [-0.39, 0.29) is 11.9 Å². The molecule has 1 fully saturated rings. The van der Waals surface area contributed by atoms with Crippen molar-refractivity contribution in [1.82, 2.24) is 10.2 Å². The van der Waals surface area contributed by atoms with Crippen LogP contribution in [0.4, 0.5) is 0 Å². The molecule has 1 heterocycles. The van der Waals surface area contributed by atoms with Gasteiger partial charge in [-0.3, -0.25) is 4.79 Å². The molecule has 0 aromatic rings. The highest BCUT2D eigenvalue weighted by Gasteiger charge is 2.28. The lowest BCUT2D eigenvalue weighted by Crippen LogP contribution is -2.51. The van der Waals surface area contributed by atoms with Gasteiger partial charge in [0.05, 0.1) is 6.04 Å². The van der Waals surface area contributed by atoms with Crippen molar-refractivity contribution in [2.24, 2.45) is 5.92 Å². The van der Waals surface area contributed by atoms with Crippen LogP contribution >= 0.6 is 0 Å². The fraction of sp³-hybridized carbons (Fsp3) is 0.909. The Labute approximate surface area is 86.9 Å². The highest BCUT2D eigenvalue weighted by atomic mass is 16.2. The molecule has 82 valence electrons. The van der Waals surface area contributed by atoms with Gasteiger partial charge >= 0.3 is 0 Å². The van der Waals surface area contributed by atoms with Gasteiger partial charge in [0.2, 0.25) is 5.91 Å². The maximum Gasteiger partial charge on any atom is 0.239 e. The number of likely N-dealkylation sites (tertiary alicyclic amines) is 1. The summed E-state index contributed by atoms with van der Waals surface area (Å²) in [5, 5.41) is 3.01. The van der Waals surface area contributed by atoms with Gasteiger partial charge in [0, 0.05) is 12.6 Å². The van der Waals surface area contributed by atoms with Crippen LogP contribution in [0, 0.1) is 5.92 Å². The number of carbonyl (C=O) groups excluding carboxylic acids is 1. The summed E-state index contributed by atoms with van der Waals surface area (Å²) in [5.74, 6) is 0.894. The maximum absolute atomic E-state index is 11.9. The van der Waals surface area contributed by atoms with E-state index in [1.54, 1.807) is 0 Å². The molecule has 2 unspecified atom stereocenters. The molecule has 0 saturated carbocycles. The zero-order valence-electron chi connectivity index (χ0n) is 9.71. The topological polar surface area (TPSA) is 32.3 Å². The largest absolute Gasteiger partial charge is 0.338 e. The molecule has 1 aliphatic heterocycles. The number of nitrogens with zero attached hydrogens (tertiary/aromatic N) is 1. The Morgan fingerprint density at radius 2 is 2.07 bits per heavy atom. The summed E-state index contributed by atoms with van der Waals surface area (Å²) in [6, 6.07) is 0.359. The second-order valence-electron chi connectivity index (χ2n) is 4.53. The van der Waals surface area contributed by atoms with Crippen LogP contribution in [-0.4, -0.2) is 36.5 Å². The standard InChI is InChI=1S/C11H22N2O/c1-8-5-6-9(2)13(7-8)11(14)10(3)12-4/h8-10,12H,5-7H2,1-4H3/t8?,9?,10-/m0/s1. The molecule has 14 heavy (non-hydrogen) atoms. The van der Waals surface area contributed by atoms with Crippen molar-refractivity contribution in [2.45, 2.75) is 45.7 Å². The summed E-state index contributed by atoms with van der Waals surface area (Å²) in [4.78, 5) is 14.0. The lowest BCUT2D eigenvalue weighted by atomic mass is 9.94. The van der Waals surface area contributed by atoms with Gasteiger partial charge in [-0.2, -0.15) is 0 Å². The van der Waals surface area contributed by atoms with Gasteiger partial charge in [0.25, 0.3) is 0 Å². The zero-order valence-corrected chi connectivity index (χ0v) is 9.71. The summed E-state index contributed by atoms with van der Waals surface area (Å²) >= 11 is 0. The second kappa shape index (κ2) is 4.78. The fourth-order valence-electron chi connectivity index (χ4n) is 1.97. The van der Waals surface area contributed by atoms with Crippen molar-refractivity contribution in [3.63, 3.8) is 0 Å². The summed E-state index contributed by atoms with van der Waals surface area (Å²) in [7, 11) is 1.83. The SMILES string of the molecule is CN[C@@H](C)C(=O)N1CC(C)CCC1C. The van der Waals surface area contributed by atoms with E-state index in [9.17, 15) is 4.79 Å². The van der Waals surface area contributed by atoms with Crippen molar-refractivity contribution >= 4 is 5.91 Å². The first-order valence-corrected chi connectivity index (χ1v) is 5.54. The number of rotatable bonds is 2. The van der Waals surface area contributed by atoms with Crippen LogP contribution in [0.5, 0.6) is 0 Å². The van der Waals surface area contributed by atoms with Crippen molar-refractivity contribution in [3.8, 4) is 0 Å². The fourth-order valence-corrected chi connectivity index (χ4v) is 1.97. The van der Waals surface area contributed by atoms with Gasteiger partial charge in [-0.05, 0) is 39.7 Å². The number of amides is 1. The lowest BCUT2D eigenvalue weighted by molar-refractivity contribution is -0.137. The molecule has 0 bridgehead atoms. The quantitative estimate of drug-likeness (QED) is 0.724. The molecule has 0 spiro atoms. The molecule has 3 nitrogen and oxygen atoms in total. The van der Waals surface area contributed by atoms with Crippen molar-refractivity contribution in [1.29, 1.82) is 0 Å². The van der Waals surface area contributed by atoms with Crippen LogP contribution in [0.3, 0.4) is 0 Å². The summed E-state index contributed by atoms with van der Waals surface area (Å²) in [5.41, 5.74) is 0. The monoisotopic (exact) mass is 198 g/mol. The molecule has 3 heteroatoms. The number of hydrogen-bond donors (Lipinski definition) is 1. The molecule has 1 amide bonds. The number of likely N-dealkylation sites (N-methyl/N-ethyl adjacent to an activating group) is 1. The van der Waals surface area contributed by atoms with E-state index < -0.39 is 0 Å². The highest BCUT2D eigenvalue weighted by Crippen LogP contribution is 2.21. The van der Waals surface area contributed by atoms with E-state index in [0.29, 0.717) is 12.0 Å². The first-order valence-electron chi connectivity index (χ1n) is 5.54. The minimum atomic E-state index is -0.0530. The summed E-state index contributed by atoms with van der Waals surface area (Å²) in [6.45, 7) is 7.21. The van der Waals surface area contributed by atoms with Crippen LogP contribution in [0.2, 0.25) is 0 Å². The maximum atomic E-state index is 11.9. The molecule has 1 rings (SSSR count). The summed E-state index contributed by atoms with van der Waals surface area (Å²) in [6.07, 6.45) is 2.39. The number of hydrogen-bond acceptors (Lipinski definition) is 2. The molecule has 0 aromatic carbocycles. The lowest BCUT2D eigenvalue weighted by Gasteiger charge is -2.38. The molecule has 1 saturated heterocycles. The normalized spacial score (nSPS) is 30.1. The van der Waals surface area contributed by atoms with Crippen molar-refractivity contribution in [2.75, 3.05) is 13.6 Å². The smallest absolute Gasteiger partial charge is 0.239 e. The predicted molar refractivity (Wildman–Crippen MR) is 58.1 cm³/mol. The van der Waals surface area contributed by atoms with E-state index in [2.05, 4.69) is 19.2 Å². The van der Waals surface area contributed by atoms with Gasteiger partial charge in [0.1, 0.15) is 0 Å². The third-order valence-corrected chi connectivity index (χ3v) is 3.20. The minimum absolute atomic E-state index is 0.0530. The Balaban J connectivity index is 2.60. The van der Waals surface area contributed by atoms with Crippen LogP contribution in [0.1, 0.15) is 33.6 Å². The number of carbonyl (C=O) groups is 1. The highest BCUT2D eigenvalue weighted by molar-refractivity contribution is 5.81. The van der Waals surface area contributed by atoms with Crippen molar-refractivity contribution < 1.29 is 4.79 Å². The van der Waals surface area contributed by atoms with Gasteiger partial charge in [-0.15, -0.1) is 0 Å². The molecule has 0 radical (unpaired) electrons. The molecular formula is C11H22N2O. The molecule has 3 atom stereocenters.